The van der Waals surface area contributed by atoms with Crippen LogP contribution in [-0.2, 0) is 0 Å². The lowest BCUT2D eigenvalue weighted by atomic mass is 10.2. The molecule has 3 rings (SSSR count). The Hall–Kier alpha value is -3.22. The van der Waals surface area contributed by atoms with Gasteiger partial charge in [0.15, 0.2) is 11.5 Å². The Bertz CT molecular complexity index is 789. The zero-order valence-electron chi connectivity index (χ0n) is 13.2. The number of carbonyl (C=O) groups excluding carboxylic acids is 1. The Morgan fingerprint density at radius 2 is 1.96 bits per heavy atom. The molecule has 1 amide bonds. The van der Waals surface area contributed by atoms with Gasteiger partial charge in [0.1, 0.15) is 11.5 Å². The average Bonchev–Trinajstić information content (AvgIpc) is 3.08. The van der Waals surface area contributed by atoms with Crippen molar-refractivity contribution in [2.24, 2.45) is 5.10 Å². The van der Waals surface area contributed by atoms with E-state index in [0.717, 1.165) is 5.56 Å². The van der Waals surface area contributed by atoms with Gasteiger partial charge in [0.05, 0.1) is 26.0 Å². The fourth-order valence-electron chi connectivity index (χ4n) is 2.21. The maximum absolute atomic E-state index is 12.2. The molecule has 7 nitrogen and oxygen atoms in total. The number of hydrogen-bond acceptors (Lipinski definition) is 6. The predicted molar refractivity (Wildman–Crippen MR) is 87.2 cm³/mol. The van der Waals surface area contributed by atoms with Crippen molar-refractivity contribution in [1.29, 1.82) is 0 Å². The van der Waals surface area contributed by atoms with E-state index < -0.39 is 0 Å². The molecule has 1 heterocycles. The predicted octanol–water partition coefficient (Wildman–Crippen LogP) is 2.20. The van der Waals surface area contributed by atoms with Gasteiger partial charge < -0.3 is 18.9 Å². The van der Waals surface area contributed by atoms with E-state index in [1.165, 1.54) is 13.3 Å². The highest BCUT2D eigenvalue weighted by Gasteiger charge is 2.14. The number of hydrazone groups is 1. The number of ether oxygens (including phenoxy) is 4. The van der Waals surface area contributed by atoms with Crippen LogP contribution in [0.25, 0.3) is 0 Å². The van der Waals surface area contributed by atoms with E-state index in [-0.39, 0.29) is 12.7 Å². The number of hydrogen-bond donors (Lipinski definition) is 1. The van der Waals surface area contributed by atoms with Gasteiger partial charge in [-0.15, -0.1) is 0 Å². The van der Waals surface area contributed by atoms with Crippen molar-refractivity contribution in [3.05, 3.63) is 47.5 Å². The third-order valence-electron chi connectivity index (χ3n) is 3.43. The largest absolute Gasteiger partial charge is 0.497 e. The van der Waals surface area contributed by atoms with Crippen LogP contribution in [0.5, 0.6) is 23.0 Å². The first kappa shape index (κ1) is 15.7. The summed E-state index contributed by atoms with van der Waals surface area (Å²) in [6.45, 7) is 0.212. The van der Waals surface area contributed by atoms with Crippen LogP contribution in [-0.4, -0.2) is 33.1 Å². The molecule has 2 aromatic carbocycles. The van der Waals surface area contributed by atoms with Crippen LogP contribution in [0.15, 0.2) is 41.5 Å². The Morgan fingerprint density at radius 3 is 2.75 bits per heavy atom. The van der Waals surface area contributed by atoms with Crippen molar-refractivity contribution in [3.8, 4) is 23.0 Å². The van der Waals surface area contributed by atoms with Crippen LogP contribution in [0, 0.1) is 0 Å². The maximum atomic E-state index is 12.2. The summed E-state index contributed by atoms with van der Waals surface area (Å²) in [5.74, 6) is 1.98. The topological polar surface area (TPSA) is 78.4 Å². The molecule has 0 saturated heterocycles. The van der Waals surface area contributed by atoms with Gasteiger partial charge in [0, 0.05) is 6.07 Å². The minimum atomic E-state index is -0.383. The van der Waals surface area contributed by atoms with Gasteiger partial charge in [0.2, 0.25) is 6.79 Å². The zero-order chi connectivity index (χ0) is 16.9. The lowest BCUT2D eigenvalue weighted by Gasteiger charge is -2.08. The first-order valence-corrected chi connectivity index (χ1v) is 7.16. The summed E-state index contributed by atoms with van der Waals surface area (Å²) in [4.78, 5) is 12.2. The fraction of sp³-hybridized carbons (Fsp3) is 0.176. The summed E-state index contributed by atoms with van der Waals surface area (Å²) in [5.41, 5.74) is 3.61. The maximum Gasteiger partial charge on any atom is 0.275 e. The monoisotopic (exact) mass is 328 g/mol. The highest BCUT2D eigenvalue weighted by atomic mass is 16.7. The Kier molecular flexibility index (Phi) is 4.51. The molecule has 0 bridgehead atoms. The van der Waals surface area contributed by atoms with E-state index in [1.54, 1.807) is 37.4 Å². The van der Waals surface area contributed by atoms with E-state index >= 15 is 0 Å². The van der Waals surface area contributed by atoms with Gasteiger partial charge in [-0.1, -0.05) is 0 Å². The van der Waals surface area contributed by atoms with Crippen LogP contribution >= 0.6 is 0 Å². The van der Waals surface area contributed by atoms with Crippen molar-refractivity contribution < 1.29 is 23.7 Å². The highest BCUT2D eigenvalue weighted by molar-refractivity contribution is 5.97. The van der Waals surface area contributed by atoms with Crippen molar-refractivity contribution in [2.45, 2.75) is 0 Å². The molecular weight excluding hydrogens is 312 g/mol. The Morgan fingerprint density at radius 1 is 1.12 bits per heavy atom. The molecule has 24 heavy (non-hydrogen) atoms. The molecule has 0 spiro atoms. The molecule has 1 aliphatic rings. The molecule has 2 aromatic rings. The molecule has 0 unspecified atom stereocenters. The van der Waals surface area contributed by atoms with Crippen LogP contribution in [0.4, 0.5) is 0 Å². The summed E-state index contributed by atoms with van der Waals surface area (Å²) < 4.78 is 20.8. The second kappa shape index (κ2) is 6.91. The van der Waals surface area contributed by atoms with E-state index in [4.69, 9.17) is 18.9 Å². The smallest absolute Gasteiger partial charge is 0.275 e. The average molecular weight is 328 g/mol. The van der Waals surface area contributed by atoms with Gasteiger partial charge in [-0.3, -0.25) is 4.79 Å². The van der Waals surface area contributed by atoms with E-state index in [2.05, 4.69) is 10.5 Å². The summed E-state index contributed by atoms with van der Waals surface area (Å²) in [6, 6.07) is 10.3. The Balaban J connectivity index is 1.69. The number of fused-ring (bicyclic) bond motifs is 1. The Labute approximate surface area is 138 Å². The number of amides is 1. The van der Waals surface area contributed by atoms with Gasteiger partial charge >= 0.3 is 0 Å². The van der Waals surface area contributed by atoms with Gasteiger partial charge in [-0.05, 0) is 35.9 Å². The van der Waals surface area contributed by atoms with Crippen LogP contribution < -0.4 is 24.4 Å². The number of carbonyl (C=O) groups is 1. The molecule has 7 heteroatoms. The summed E-state index contributed by atoms with van der Waals surface area (Å²) in [7, 11) is 3.03. The molecule has 0 radical (unpaired) electrons. The number of benzene rings is 2. The molecule has 124 valence electrons. The molecule has 0 aliphatic carbocycles. The molecule has 0 aromatic heterocycles. The molecule has 1 aliphatic heterocycles. The van der Waals surface area contributed by atoms with Crippen molar-refractivity contribution >= 4 is 12.1 Å². The number of methoxy groups -OCH3 is 2. The molecule has 0 atom stereocenters. The quantitative estimate of drug-likeness (QED) is 0.672. The number of rotatable bonds is 5. The van der Waals surface area contributed by atoms with Crippen molar-refractivity contribution in [1.82, 2.24) is 5.43 Å². The lowest BCUT2D eigenvalue weighted by Crippen LogP contribution is -2.18. The molecule has 1 N–H and O–H groups in total. The third kappa shape index (κ3) is 3.24. The van der Waals surface area contributed by atoms with Gasteiger partial charge in [0.25, 0.3) is 5.91 Å². The first-order valence-electron chi connectivity index (χ1n) is 7.16. The SMILES string of the molecule is COc1ccc(C(=O)NN=Cc2ccc3c(c2)OCO3)c(OC)c1. The normalized spacial score (nSPS) is 12.2. The highest BCUT2D eigenvalue weighted by Crippen LogP contribution is 2.32. The summed E-state index contributed by atoms with van der Waals surface area (Å²) in [5, 5.41) is 3.95. The minimum Gasteiger partial charge on any atom is -0.497 e. The number of nitrogens with zero attached hydrogens (tertiary/aromatic N) is 1. The second-order valence-electron chi connectivity index (χ2n) is 4.88. The number of nitrogens with one attached hydrogen (secondary N) is 1. The standard InChI is InChI=1S/C17H16N2O5/c1-21-12-4-5-13(15(8-12)22-2)17(20)19-18-9-11-3-6-14-16(7-11)24-10-23-14/h3-9H,10H2,1-2H3,(H,19,20). The van der Waals surface area contributed by atoms with Gasteiger partial charge in [-0.25, -0.2) is 5.43 Å². The molecular formula is C17H16N2O5. The van der Waals surface area contributed by atoms with Crippen LogP contribution in [0.2, 0.25) is 0 Å². The van der Waals surface area contributed by atoms with Crippen LogP contribution in [0.3, 0.4) is 0 Å². The van der Waals surface area contributed by atoms with E-state index in [0.29, 0.717) is 28.6 Å². The van der Waals surface area contributed by atoms with Crippen molar-refractivity contribution in [3.63, 3.8) is 0 Å². The fourth-order valence-corrected chi connectivity index (χ4v) is 2.21. The van der Waals surface area contributed by atoms with Crippen LogP contribution in [0.1, 0.15) is 15.9 Å². The summed E-state index contributed by atoms with van der Waals surface area (Å²) in [6.07, 6.45) is 1.52. The molecule has 0 fully saturated rings. The van der Waals surface area contributed by atoms with E-state index in [9.17, 15) is 4.79 Å². The zero-order valence-corrected chi connectivity index (χ0v) is 13.2. The second-order valence-corrected chi connectivity index (χ2v) is 4.88. The lowest BCUT2D eigenvalue weighted by molar-refractivity contribution is 0.0952. The van der Waals surface area contributed by atoms with Gasteiger partial charge in [-0.2, -0.15) is 5.10 Å². The summed E-state index contributed by atoms with van der Waals surface area (Å²) >= 11 is 0. The third-order valence-corrected chi connectivity index (χ3v) is 3.43. The van der Waals surface area contributed by atoms with Crippen molar-refractivity contribution in [2.75, 3.05) is 21.0 Å². The van der Waals surface area contributed by atoms with E-state index in [1.807, 2.05) is 6.07 Å². The molecule has 0 saturated carbocycles. The minimum absolute atomic E-state index is 0.212. The first-order chi connectivity index (χ1) is 11.7.